The maximum atomic E-state index is 13.2. The van der Waals surface area contributed by atoms with E-state index in [4.69, 9.17) is 9.26 Å². The summed E-state index contributed by atoms with van der Waals surface area (Å²) in [5.74, 6) is 0.575. The Morgan fingerprint density at radius 1 is 1.12 bits per heavy atom. The van der Waals surface area contributed by atoms with Crippen molar-refractivity contribution < 1.29 is 22.5 Å². The Hall–Kier alpha value is -3.17. The van der Waals surface area contributed by atoms with E-state index in [9.17, 15) is 13.2 Å². The third-order valence-corrected chi connectivity index (χ3v) is 7.50. The van der Waals surface area contributed by atoms with Crippen molar-refractivity contribution in [3.63, 3.8) is 0 Å². The highest BCUT2D eigenvalue weighted by molar-refractivity contribution is 7.89. The molecule has 2 aromatic carbocycles. The molecule has 1 aliphatic rings. The van der Waals surface area contributed by atoms with Gasteiger partial charge in [-0.2, -0.15) is 4.31 Å². The second kappa shape index (κ2) is 8.76. The van der Waals surface area contributed by atoms with Crippen LogP contribution in [0.4, 0.5) is 0 Å². The van der Waals surface area contributed by atoms with E-state index >= 15 is 0 Å². The van der Waals surface area contributed by atoms with Gasteiger partial charge in [0.1, 0.15) is 22.9 Å². The minimum atomic E-state index is -3.83. The fraction of sp³-hybridized carbons (Fsp3) is 0.304. The average Bonchev–Trinajstić information content (AvgIpc) is 2.98. The fourth-order valence-electron chi connectivity index (χ4n) is 3.68. The molecule has 0 fully saturated rings. The van der Waals surface area contributed by atoms with Crippen LogP contribution in [0.15, 0.2) is 51.9 Å². The highest BCUT2D eigenvalue weighted by atomic mass is 32.2. The number of hydrogen-bond donors (Lipinski definition) is 1. The molecule has 8 nitrogen and oxygen atoms in total. The monoisotopic (exact) mass is 455 g/mol. The van der Waals surface area contributed by atoms with E-state index in [0.717, 1.165) is 11.1 Å². The molecule has 9 heteroatoms. The first-order valence-electron chi connectivity index (χ1n) is 10.3. The Labute approximate surface area is 187 Å². The molecule has 1 N–H and O–H groups in total. The Balaban J connectivity index is 1.54. The van der Waals surface area contributed by atoms with Crippen molar-refractivity contribution in [1.82, 2.24) is 14.8 Å². The summed E-state index contributed by atoms with van der Waals surface area (Å²) < 4.78 is 38.6. The van der Waals surface area contributed by atoms with Crippen molar-refractivity contribution in [1.29, 1.82) is 0 Å². The van der Waals surface area contributed by atoms with Crippen molar-refractivity contribution in [2.24, 2.45) is 0 Å². The molecule has 0 saturated carbocycles. The van der Waals surface area contributed by atoms with Crippen molar-refractivity contribution >= 4 is 15.9 Å². The van der Waals surface area contributed by atoms with E-state index in [-0.39, 0.29) is 36.3 Å². The fourth-order valence-corrected chi connectivity index (χ4v) is 5.37. The number of nitrogens with zero attached hydrogens (tertiary/aromatic N) is 2. The van der Waals surface area contributed by atoms with Gasteiger partial charge in [-0.3, -0.25) is 4.79 Å². The number of aromatic nitrogens is 1. The summed E-state index contributed by atoms with van der Waals surface area (Å²) in [7, 11) is -3.83. The van der Waals surface area contributed by atoms with Crippen LogP contribution in [0.5, 0.6) is 5.75 Å². The number of benzene rings is 2. The molecule has 0 unspecified atom stereocenters. The summed E-state index contributed by atoms with van der Waals surface area (Å²) in [6.45, 7) is 6.05. The van der Waals surface area contributed by atoms with Gasteiger partial charge in [0.05, 0.1) is 0 Å². The second-order valence-corrected chi connectivity index (χ2v) is 9.71. The van der Waals surface area contributed by atoms with Crippen LogP contribution in [-0.4, -0.2) is 36.9 Å². The maximum Gasteiger partial charge on any atom is 0.251 e. The number of hydrogen-bond acceptors (Lipinski definition) is 6. The van der Waals surface area contributed by atoms with Gasteiger partial charge in [0.25, 0.3) is 5.91 Å². The average molecular weight is 456 g/mol. The van der Waals surface area contributed by atoms with E-state index in [1.54, 1.807) is 32.0 Å². The summed E-state index contributed by atoms with van der Waals surface area (Å²) >= 11 is 0. The van der Waals surface area contributed by atoms with Gasteiger partial charge >= 0.3 is 0 Å². The standard InChI is InChI=1S/C23H25N3O5S/c1-15-4-6-18(7-5-15)13-24-23(27)19-8-9-21-20(12-19)14-26(10-11-30-21)32(28,29)22-16(2)25-31-17(22)3/h4-9,12H,10-11,13-14H2,1-3H3,(H,24,27). The van der Waals surface area contributed by atoms with Crippen molar-refractivity contribution in [3.8, 4) is 5.75 Å². The Morgan fingerprint density at radius 3 is 2.56 bits per heavy atom. The minimum absolute atomic E-state index is 0.0768. The molecule has 1 aromatic heterocycles. The number of sulfonamides is 1. The lowest BCUT2D eigenvalue weighted by atomic mass is 10.1. The molecule has 2 heterocycles. The van der Waals surface area contributed by atoms with Crippen LogP contribution in [0, 0.1) is 20.8 Å². The van der Waals surface area contributed by atoms with Crippen LogP contribution in [0.25, 0.3) is 0 Å². The molecular weight excluding hydrogens is 430 g/mol. The largest absolute Gasteiger partial charge is 0.492 e. The summed E-state index contributed by atoms with van der Waals surface area (Å²) in [6, 6.07) is 13.0. The summed E-state index contributed by atoms with van der Waals surface area (Å²) in [5, 5.41) is 6.67. The first-order chi connectivity index (χ1) is 15.3. The molecule has 3 aromatic rings. The molecule has 0 atom stereocenters. The number of rotatable bonds is 5. The second-order valence-electron chi connectivity index (χ2n) is 7.83. The number of carbonyl (C=O) groups is 1. The summed E-state index contributed by atoms with van der Waals surface area (Å²) in [4.78, 5) is 12.8. The van der Waals surface area contributed by atoms with E-state index in [1.807, 2.05) is 31.2 Å². The zero-order valence-corrected chi connectivity index (χ0v) is 19.0. The van der Waals surface area contributed by atoms with Gasteiger partial charge in [-0.25, -0.2) is 8.42 Å². The predicted molar refractivity (Wildman–Crippen MR) is 118 cm³/mol. The third-order valence-electron chi connectivity index (χ3n) is 5.41. The van der Waals surface area contributed by atoms with Crippen LogP contribution in [0.3, 0.4) is 0 Å². The van der Waals surface area contributed by atoms with E-state index < -0.39 is 10.0 Å². The number of ether oxygens (including phenoxy) is 1. The number of aryl methyl sites for hydroxylation is 3. The number of nitrogens with one attached hydrogen (secondary N) is 1. The smallest absolute Gasteiger partial charge is 0.251 e. The minimum Gasteiger partial charge on any atom is -0.492 e. The highest BCUT2D eigenvalue weighted by Crippen LogP contribution is 2.30. The lowest BCUT2D eigenvalue weighted by Gasteiger charge is -2.19. The zero-order valence-electron chi connectivity index (χ0n) is 18.2. The number of carbonyl (C=O) groups excluding carboxylic acids is 1. The van der Waals surface area contributed by atoms with Crippen molar-refractivity contribution in [2.75, 3.05) is 13.2 Å². The van der Waals surface area contributed by atoms with Crippen LogP contribution in [0.1, 0.15) is 38.5 Å². The normalized spacial score (nSPS) is 14.3. The van der Waals surface area contributed by atoms with Gasteiger partial charge in [-0.05, 0) is 44.5 Å². The summed E-state index contributed by atoms with van der Waals surface area (Å²) in [6.07, 6.45) is 0. The van der Waals surface area contributed by atoms with Gasteiger partial charge < -0.3 is 14.6 Å². The molecule has 0 spiro atoms. The Bertz CT molecular complexity index is 1230. The molecule has 0 aliphatic carbocycles. The first kappa shape index (κ1) is 22.0. The van der Waals surface area contributed by atoms with Gasteiger partial charge in [0.2, 0.25) is 10.0 Å². The van der Waals surface area contributed by atoms with E-state index in [1.165, 1.54) is 4.31 Å². The Kier molecular flexibility index (Phi) is 6.03. The third kappa shape index (κ3) is 4.39. The molecule has 168 valence electrons. The SMILES string of the molecule is Cc1ccc(CNC(=O)c2ccc3c(c2)CN(S(=O)(=O)c2c(C)noc2C)CCO3)cc1. The maximum absolute atomic E-state index is 13.2. The molecular formula is C23H25N3O5S. The van der Waals surface area contributed by atoms with Crippen LogP contribution in [-0.2, 0) is 23.1 Å². The van der Waals surface area contributed by atoms with Gasteiger partial charge in [0.15, 0.2) is 5.76 Å². The quantitative estimate of drug-likeness (QED) is 0.634. The number of amides is 1. The molecule has 0 radical (unpaired) electrons. The van der Waals surface area contributed by atoms with Crippen LogP contribution in [0.2, 0.25) is 0 Å². The summed E-state index contributed by atoms with van der Waals surface area (Å²) in [5.41, 5.74) is 3.54. The first-order valence-corrected chi connectivity index (χ1v) is 11.7. The van der Waals surface area contributed by atoms with Crippen LogP contribution < -0.4 is 10.1 Å². The van der Waals surface area contributed by atoms with Gasteiger partial charge in [-0.1, -0.05) is 35.0 Å². The highest BCUT2D eigenvalue weighted by Gasteiger charge is 2.33. The number of fused-ring (bicyclic) bond motifs is 1. The molecule has 4 rings (SSSR count). The lowest BCUT2D eigenvalue weighted by Crippen LogP contribution is -2.33. The van der Waals surface area contributed by atoms with Gasteiger partial charge in [0, 0.05) is 30.8 Å². The zero-order chi connectivity index (χ0) is 22.9. The predicted octanol–water partition coefficient (Wildman–Crippen LogP) is 3.11. The Morgan fingerprint density at radius 2 is 1.88 bits per heavy atom. The molecule has 0 bridgehead atoms. The van der Waals surface area contributed by atoms with Crippen LogP contribution >= 0.6 is 0 Å². The molecule has 1 amide bonds. The molecule has 32 heavy (non-hydrogen) atoms. The van der Waals surface area contributed by atoms with Gasteiger partial charge in [-0.15, -0.1) is 0 Å². The molecule has 0 saturated heterocycles. The van der Waals surface area contributed by atoms with E-state index in [2.05, 4.69) is 10.5 Å². The van der Waals surface area contributed by atoms with Crippen molar-refractivity contribution in [3.05, 3.63) is 76.2 Å². The molecule has 1 aliphatic heterocycles. The van der Waals surface area contributed by atoms with E-state index in [0.29, 0.717) is 29.1 Å². The lowest BCUT2D eigenvalue weighted by molar-refractivity contribution is 0.0950. The topological polar surface area (TPSA) is 102 Å². The van der Waals surface area contributed by atoms with Crippen molar-refractivity contribution in [2.45, 2.75) is 38.8 Å².